The minimum Gasteiger partial charge on any atom is -0.462 e. The number of halogens is 2. The maximum absolute atomic E-state index is 11.6. The van der Waals surface area contributed by atoms with Gasteiger partial charge in [-0.15, -0.1) is 0 Å². The summed E-state index contributed by atoms with van der Waals surface area (Å²) in [5.74, 6) is -1.05. The van der Waals surface area contributed by atoms with Gasteiger partial charge in [0.15, 0.2) is 5.78 Å². The fourth-order valence-corrected chi connectivity index (χ4v) is 1.66. The number of hydrogen-bond donors (Lipinski definition) is 0. The Bertz CT molecular complexity index is 507. The number of ketones is 1. The number of Topliss-reactive ketones (excluding diaryl/α,β-unsaturated/α-hetero) is 1. The van der Waals surface area contributed by atoms with E-state index in [0.29, 0.717) is 15.6 Å². The Labute approximate surface area is 115 Å². The average molecular weight is 291 g/mol. The van der Waals surface area contributed by atoms with E-state index >= 15 is 0 Å². The van der Waals surface area contributed by atoms with Crippen LogP contribution in [0, 0.1) is 0 Å². The van der Waals surface area contributed by atoms with Gasteiger partial charge in [-0.1, -0.05) is 35.3 Å². The van der Waals surface area contributed by atoms with E-state index in [1.165, 1.54) is 13.0 Å². The summed E-state index contributed by atoms with van der Waals surface area (Å²) < 4.78 is 4.80. The summed E-state index contributed by atoms with van der Waals surface area (Å²) in [6.45, 7) is 3.16. The quantitative estimate of drug-likeness (QED) is 0.280. The molecule has 0 saturated carbocycles. The van der Waals surface area contributed by atoms with Crippen LogP contribution in [0.5, 0.6) is 0 Å². The molecule has 0 atom stereocenters. The van der Waals surface area contributed by atoms with E-state index in [4.69, 9.17) is 27.9 Å². The van der Waals surface area contributed by atoms with E-state index in [-0.39, 0.29) is 18.0 Å². The Hall–Kier alpha value is -1.32. The van der Waals surface area contributed by atoms with E-state index in [9.17, 15) is 9.59 Å². The molecule has 96 valence electrons. The number of hydrogen-bond acceptors (Lipinski definition) is 3. The normalized spacial score (nSPS) is 11.2. The van der Waals surface area contributed by atoms with Crippen LogP contribution in [0.25, 0.3) is 6.08 Å². The first kappa shape index (κ1) is 14.7. The van der Waals surface area contributed by atoms with Crippen LogP contribution < -0.4 is 0 Å². The number of carbonyl (C=O) groups excluding carboxylic acids is 2. The Morgan fingerprint density at radius 3 is 2.56 bits per heavy atom. The fraction of sp³-hybridized carbons (Fsp3) is 0.231. The van der Waals surface area contributed by atoms with Crippen LogP contribution >= 0.6 is 23.2 Å². The van der Waals surface area contributed by atoms with Crippen molar-refractivity contribution in [3.8, 4) is 0 Å². The molecule has 0 saturated heterocycles. The minimum atomic E-state index is -0.666. The molecular weight excluding hydrogens is 279 g/mol. The molecule has 0 amide bonds. The smallest absolute Gasteiger partial charge is 0.341 e. The number of rotatable bonds is 4. The van der Waals surface area contributed by atoms with Crippen molar-refractivity contribution in [2.45, 2.75) is 13.8 Å². The summed E-state index contributed by atoms with van der Waals surface area (Å²) >= 11 is 11.8. The van der Waals surface area contributed by atoms with Crippen LogP contribution in [-0.4, -0.2) is 18.4 Å². The first-order valence-corrected chi connectivity index (χ1v) is 6.06. The molecule has 0 aliphatic carbocycles. The van der Waals surface area contributed by atoms with Gasteiger partial charge in [-0.25, -0.2) is 4.79 Å². The molecule has 0 bridgehead atoms. The zero-order chi connectivity index (χ0) is 13.7. The van der Waals surface area contributed by atoms with Gasteiger partial charge in [0.2, 0.25) is 0 Å². The standard InChI is InChI=1S/C13H12Cl2O3/c1-3-18-13(17)10(8(2)16)7-9-5-4-6-11(14)12(9)15/h4-7H,3H2,1-2H3/b10-7-/i2+1,8+1,10+1,13+1. The third-order valence-corrected chi connectivity index (χ3v) is 2.99. The molecule has 5 heteroatoms. The first-order valence-electron chi connectivity index (χ1n) is 5.31. The second kappa shape index (κ2) is 6.57. The van der Waals surface area contributed by atoms with Gasteiger partial charge in [0.1, 0.15) is 5.57 Å². The second-order valence-corrected chi connectivity index (χ2v) is 4.26. The van der Waals surface area contributed by atoms with Crippen LogP contribution in [0.1, 0.15) is 19.4 Å². The summed E-state index contributed by atoms with van der Waals surface area (Å²) in [5.41, 5.74) is 0.448. The van der Waals surface area contributed by atoms with Gasteiger partial charge in [-0.3, -0.25) is 4.79 Å². The molecule has 0 fully saturated rings. The monoisotopic (exact) mass is 290 g/mol. The maximum atomic E-state index is 11.6. The van der Waals surface area contributed by atoms with E-state index in [2.05, 4.69) is 0 Å². The van der Waals surface area contributed by atoms with Crippen LogP contribution in [-0.2, 0) is 14.3 Å². The highest BCUT2D eigenvalue weighted by molar-refractivity contribution is 6.43. The van der Waals surface area contributed by atoms with Crippen molar-refractivity contribution in [3.63, 3.8) is 0 Å². The molecule has 0 unspecified atom stereocenters. The molecule has 18 heavy (non-hydrogen) atoms. The first-order chi connectivity index (χ1) is 8.47. The zero-order valence-electron chi connectivity index (χ0n) is 10.00. The van der Waals surface area contributed by atoms with Gasteiger partial charge in [0, 0.05) is 0 Å². The average Bonchev–Trinajstić information content (AvgIpc) is 2.30. The topological polar surface area (TPSA) is 43.4 Å². The van der Waals surface area contributed by atoms with E-state index in [1.807, 2.05) is 0 Å². The molecule has 1 aromatic carbocycles. The highest BCUT2D eigenvalue weighted by Gasteiger charge is 2.16. The molecule has 0 aromatic heterocycles. The van der Waals surface area contributed by atoms with Crippen molar-refractivity contribution in [2.24, 2.45) is 0 Å². The Morgan fingerprint density at radius 2 is 2.00 bits per heavy atom. The molecule has 0 aliphatic rings. The van der Waals surface area contributed by atoms with Crippen molar-refractivity contribution < 1.29 is 14.3 Å². The second-order valence-electron chi connectivity index (χ2n) is 3.48. The molecular formula is C13H12Cl2O3. The molecule has 3 nitrogen and oxygen atoms in total. The summed E-state index contributed by atoms with van der Waals surface area (Å²) in [5, 5.41) is 0.652. The molecule has 1 rings (SSSR count). The lowest BCUT2D eigenvalue weighted by molar-refractivity contribution is -0.139. The van der Waals surface area contributed by atoms with Crippen molar-refractivity contribution in [3.05, 3.63) is 39.4 Å². The van der Waals surface area contributed by atoms with Gasteiger partial charge in [0.25, 0.3) is 0 Å². The number of ether oxygens (including phenoxy) is 1. The third kappa shape index (κ3) is 3.59. The summed E-state index contributed by atoms with van der Waals surface area (Å²) in [6.07, 6.45) is 1.38. The van der Waals surface area contributed by atoms with Crippen molar-refractivity contribution in [2.75, 3.05) is 6.61 Å². The van der Waals surface area contributed by atoms with Gasteiger partial charge in [0.05, 0.1) is 16.7 Å². The summed E-state index contributed by atoms with van der Waals surface area (Å²) in [7, 11) is 0. The highest BCUT2D eigenvalue weighted by atomic mass is 35.5. The predicted octanol–water partition coefficient (Wildman–Crippen LogP) is 3.53. The molecule has 0 aliphatic heterocycles. The number of esters is 1. The van der Waals surface area contributed by atoms with Crippen LogP contribution in [0.2, 0.25) is 10.0 Å². The zero-order valence-corrected chi connectivity index (χ0v) is 11.5. The Kier molecular flexibility index (Phi) is 5.38. The SMILES string of the molecule is CCO[13C](=O)/[13C](=C\c1cccc(Cl)c1Cl)[13C]([13CH3])=O. The predicted molar refractivity (Wildman–Crippen MR) is 71.8 cm³/mol. The van der Waals surface area contributed by atoms with Crippen LogP contribution in [0.3, 0.4) is 0 Å². The van der Waals surface area contributed by atoms with Crippen molar-refractivity contribution >= 4 is 41.0 Å². The lowest BCUT2D eigenvalue weighted by Crippen LogP contribution is -2.13. The molecule has 0 spiro atoms. The molecule has 0 N–H and O–H groups in total. The van der Waals surface area contributed by atoms with Crippen LogP contribution in [0.4, 0.5) is 0 Å². The maximum Gasteiger partial charge on any atom is 0.341 e. The largest absolute Gasteiger partial charge is 0.462 e. The lowest BCUT2D eigenvalue weighted by Gasteiger charge is -2.05. The van der Waals surface area contributed by atoms with E-state index in [1.54, 1.807) is 25.1 Å². The van der Waals surface area contributed by atoms with Gasteiger partial charge in [-0.05, 0) is 31.6 Å². The number of carbonyl (C=O) groups is 2. The Morgan fingerprint density at radius 1 is 1.33 bits per heavy atom. The molecule has 0 heterocycles. The minimum absolute atomic E-state index is 0.0546. The molecule has 1 aromatic rings. The van der Waals surface area contributed by atoms with Gasteiger partial charge < -0.3 is 4.74 Å². The fourth-order valence-electron chi connectivity index (χ4n) is 1.30. The number of benzene rings is 1. The van der Waals surface area contributed by atoms with Gasteiger partial charge in [-0.2, -0.15) is 0 Å². The highest BCUT2D eigenvalue weighted by Crippen LogP contribution is 2.27. The van der Waals surface area contributed by atoms with E-state index < -0.39 is 5.97 Å². The molecule has 0 radical (unpaired) electrons. The summed E-state index contributed by atoms with van der Waals surface area (Å²) in [6, 6.07) is 4.97. The van der Waals surface area contributed by atoms with Crippen molar-refractivity contribution in [1.29, 1.82) is 0 Å². The van der Waals surface area contributed by atoms with Gasteiger partial charge >= 0.3 is 5.97 Å². The van der Waals surface area contributed by atoms with Crippen LogP contribution in [0.15, 0.2) is 23.8 Å². The Balaban J connectivity index is 3.21. The summed E-state index contributed by atoms with van der Waals surface area (Å²) in [4.78, 5) is 23.0. The lowest BCUT2D eigenvalue weighted by atomic mass is 10.2. The third-order valence-electron chi connectivity index (χ3n) is 2.16. The van der Waals surface area contributed by atoms with E-state index in [0.717, 1.165) is 0 Å². The van der Waals surface area contributed by atoms with Crippen molar-refractivity contribution in [1.82, 2.24) is 0 Å².